The number of unbranched alkanes of at least 4 members (excludes halogenated alkanes) is 1. The van der Waals surface area contributed by atoms with Crippen LogP contribution in [-0.2, 0) is 17.8 Å². The lowest BCUT2D eigenvalue weighted by Gasteiger charge is -2.27. The van der Waals surface area contributed by atoms with Gasteiger partial charge in [0.05, 0.1) is 0 Å². The number of carbonyl (C=O) groups is 1. The third-order valence-electron chi connectivity index (χ3n) is 8.32. The number of hydrogen-bond donors (Lipinski definition) is 2. The van der Waals surface area contributed by atoms with Crippen LogP contribution in [0.15, 0.2) is 102 Å². The van der Waals surface area contributed by atoms with Crippen molar-refractivity contribution in [2.75, 3.05) is 0 Å². The molecule has 4 aromatic carbocycles. The van der Waals surface area contributed by atoms with Crippen LogP contribution in [0.2, 0.25) is 0 Å². The number of aliphatic imine (C=N–C) groups is 1. The quantitative estimate of drug-likeness (QED) is 0.185. The van der Waals surface area contributed by atoms with E-state index in [2.05, 4.69) is 113 Å². The van der Waals surface area contributed by atoms with E-state index in [-0.39, 0.29) is 11.9 Å². The highest BCUT2D eigenvalue weighted by molar-refractivity contribution is 6.04. The van der Waals surface area contributed by atoms with Gasteiger partial charge in [0.1, 0.15) is 11.9 Å². The van der Waals surface area contributed by atoms with Gasteiger partial charge in [-0.25, -0.2) is 0 Å². The van der Waals surface area contributed by atoms with E-state index in [0.717, 1.165) is 69.6 Å². The molecule has 1 aliphatic heterocycles. The van der Waals surface area contributed by atoms with Gasteiger partial charge in [0.15, 0.2) is 0 Å². The molecule has 0 radical (unpaired) electrons. The first kappa shape index (κ1) is 28.9. The van der Waals surface area contributed by atoms with Gasteiger partial charge in [-0.1, -0.05) is 110 Å². The maximum absolute atomic E-state index is 13.3. The summed E-state index contributed by atoms with van der Waals surface area (Å²) in [4.78, 5) is 20.1. The fourth-order valence-electron chi connectivity index (χ4n) is 5.95. The molecule has 0 saturated heterocycles. The molecular weight excluding hydrogens is 576 g/mol. The third-order valence-corrected chi connectivity index (χ3v) is 8.32. The molecule has 3 heterocycles. The Balaban J connectivity index is 1.11. The summed E-state index contributed by atoms with van der Waals surface area (Å²) < 4.78 is 0. The number of amides is 1. The lowest BCUT2D eigenvalue weighted by molar-refractivity contribution is -0.120. The standard InChI is InChI=1S/C35H32N10O/c1-2-3-12-32-36-35(46)31(21-23-13-17-25(18-14-23)27-8-4-6-10-29(27)33-37-41-42-38-33)45(32)22-24-15-19-26(20-16-24)28-9-5-7-11-30(28)34-39-43-44-40-34/h4-11,13-20,31H,2-3,12,21-22H2,1H3,(H,37,38,41,42)(H,39,40,43,44). The minimum atomic E-state index is -0.358. The predicted molar refractivity (Wildman–Crippen MR) is 175 cm³/mol. The van der Waals surface area contributed by atoms with Gasteiger partial charge in [-0.05, 0) is 50.2 Å². The molecule has 1 aliphatic rings. The number of H-pyrrole nitrogens is 2. The highest BCUT2D eigenvalue weighted by atomic mass is 16.2. The number of tetrazole rings is 2. The predicted octanol–water partition coefficient (Wildman–Crippen LogP) is 5.92. The van der Waals surface area contributed by atoms with E-state index in [0.29, 0.717) is 24.6 Å². The number of rotatable bonds is 11. The molecule has 2 N–H and O–H groups in total. The Morgan fingerprint density at radius 2 is 1.20 bits per heavy atom. The summed E-state index contributed by atoms with van der Waals surface area (Å²) in [5.74, 6) is 1.89. The van der Waals surface area contributed by atoms with Crippen molar-refractivity contribution in [1.29, 1.82) is 0 Å². The van der Waals surface area contributed by atoms with Crippen molar-refractivity contribution >= 4 is 11.7 Å². The summed E-state index contributed by atoms with van der Waals surface area (Å²) >= 11 is 0. The summed E-state index contributed by atoms with van der Waals surface area (Å²) in [7, 11) is 0. The third kappa shape index (κ3) is 5.94. The van der Waals surface area contributed by atoms with E-state index in [1.807, 2.05) is 42.5 Å². The van der Waals surface area contributed by atoms with Crippen LogP contribution in [0.25, 0.3) is 45.0 Å². The second kappa shape index (κ2) is 13.0. The molecule has 0 bridgehead atoms. The molecule has 0 spiro atoms. The van der Waals surface area contributed by atoms with Crippen molar-refractivity contribution in [2.24, 2.45) is 4.99 Å². The Morgan fingerprint density at radius 3 is 1.70 bits per heavy atom. The Labute approximate surface area is 265 Å². The highest BCUT2D eigenvalue weighted by Crippen LogP contribution is 2.32. The normalized spacial score (nSPS) is 14.5. The molecule has 11 nitrogen and oxygen atoms in total. The zero-order valence-electron chi connectivity index (χ0n) is 25.3. The number of benzene rings is 4. The Morgan fingerprint density at radius 1 is 0.674 bits per heavy atom. The lowest BCUT2D eigenvalue weighted by Crippen LogP contribution is -2.39. The van der Waals surface area contributed by atoms with Gasteiger partial charge in [-0.15, -0.1) is 20.4 Å². The number of amidine groups is 1. The molecule has 6 aromatic rings. The van der Waals surface area contributed by atoms with Gasteiger partial charge >= 0.3 is 0 Å². The lowest BCUT2D eigenvalue weighted by atomic mass is 9.96. The molecule has 0 fully saturated rings. The molecule has 0 saturated carbocycles. The SMILES string of the molecule is CCCCC1=NC(=O)C(Cc2ccc(-c3ccccc3-c3nn[nH]n3)cc2)N1Cc1ccc(-c2ccccc2-c2nn[nH]n2)cc1. The van der Waals surface area contributed by atoms with Crippen LogP contribution in [0.4, 0.5) is 0 Å². The monoisotopic (exact) mass is 608 g/mol. The van der Waals surface area contributed by atoms with Gasteiger partial charge in [0.25, 0.3) is 5.91 Å². The van der Waals surface area contributed by atoms with E-state index in [1.54, 1.807) is 0 Å². The number of aromatic amines is 2. The zero-order valence-corrected chi connectivity index (χ0v) is 25.3. The number of hydrogen-bond acceptors (Lipinski definition) is 8. The van der Waals surface area contributed by atoms with Crippen molar-refractivity contribution < 1.29 is 4.79 Å². The van der Waals surface area contributed by atoms with Crippen molar-refractivity contribution in [3.63, 3.8) is 0 Å². The topological polar surface area (TPSA) is 142 Å². The van der Waals surface area contributed by atoms with Crippen LogP contribution in [0.5, 0.6) is 0 Å². The molecular formula is C35H32N10O. The average Bonchev–Trinajstić information content (AvgIpc) is 3.89. The number of aromatic nitrogens is 8. The molecule has 46 heavy (non-hydrogen) atoms. The minimum absolute atomic E-state index is 0.0803. The van der Waals surface area contributed by atoms with Crippen LogP contribution in [0.1, 0.15) is 37.3 Å². The van der Waals surface area contributed by atoms with Gasteiger partial charge < -0.3 is 4.90 Å². The molecule has 1 atom stereocenters. The van der Waals surface area contributed by atoms with Crippen LogP contribution in [0, 0.1) is 0 Å². The molecule has 1 unspecified atom stereocenters. The largest absolute Gasteiger partial charge is 0.343 e. The maximum Gasteiger partial charge on any atom is 0.270 e. The first-order valence-corrected chi connectivity index (χ1v) is 15.4. The fraction of sp³-hybridized carbons (Fsp3) is 0.200. The molecule has 1 amide bonds. The number of nitrogens with one attached hydrogen (secondary N) is 2. The van der Waals surface area contributed by atoms with Crippen LogP contribution in [0.3, 0.4) is 0 Å². The van der Waals surface area contributed by atoms with E-state index >= 15 is 0 Å². The van der Waals surface area contributed by atoms with Crippen LogP contribution >= 0.6 is 0 Å². The van der Waals surface area contributed by atoms with Crippen molar-refractivity contribution in [3.05, 3.63) is 108 Å². The van der Waals surface area contributed by atoms with Crippen LogP contribution < -0.4 is 0 Å². The summed E-state index contributed by atoms with van der Waals surface area (Å²) in [5, 5.41) is 29.2. The van der Waals surface area contributed by atoms with E-state index in [4.69, 9.17) is 0 Å². The first-order valence-electron chi connectivity index (χ1n) is 15.4. The van der Waals surface area contributed by atoms with E-state index in [1.165, 1.54) is 0 Å². The van der Waals surface area contributed by atoms with Crippen molar-refractivity contribution in [3.8, 4) is 45.0 Å². The molecule has 0 aliphatic carbocycles. The smallest absolute Gasteiger partial charge is 0.270 e. The Kier molecular flexibility index (Phi) is 8.19. The Bertz CT molecular complexity index is 1950. The van der Waals surface area contributed by atoms with Crippen molar-refractivity contribution in [1.82, 2.24) is 46.1 Å². The second-order valence-electron chi connectivity index (χ2n) is 11.3. The molecule has 7 rings (SSSR count). The summed E-state index contributed by atoms with van der Waals surface area (Å²) in [6.45, 7) is 2.75. The van der Waals surface area contributed by atoms with Gasteiger partial charge in [0.2, 0.25) is 11.6 Å². The maximum atomic E-state index is 13.3. The van der Waals surface area contributed by atoms with Gasteiger partial charge in [0, 0.05) is 30.5 Å². The van der Waals surface area contributed by atoms with Gasteiger partial charge in [-0.3, -0.25) is 4.79 Å². The van der Waals surface area contributed by atoms with Gasteiger partial charge in [-0.2, -0.15) is 15.4 Å². The number of nitrogens with zero attached hydrogens (tertiary/aromatic N) is 8. The fourth-order valence-corrected chi connectivity index (χ4v) is 5.95. The highest BCUT2D eigenvalue weighted by Gasteiger charge is 2.34. The van der Waals surface area contributed by atoms with E-state index in [9.17, 15) is 4.79 Å². The van der Waals surface area contributed by atoms with Crippen molar-refractivity contribution in [2.45, 2.75) is 45.2 Å². The first-order chi connectivity index (χ1) is 22.7. The van der Waals surface area contributed by atoms with Crippen LogP contribution in [-0.4, -0.2) is 63.9 Å². The average molecular weight is 609 g/mol. The summed E-state index contributed by atoms with van der Waals surface area (Å²) in [6, 6.07) is 32.5. The molecule has 2 aromatic heterocycles. The summed E-state index contributed by atoms with van der Waals surface area (Å²) in [5.41, 5.74) is 8.13. The number of carbonyl (C=O) groups excluding carboxylic acids is 1. The summed E-state index contributed by atoms with van der Waals surface area (Å²) in [6.07, 6.45) is 3.37. The zero-order chi connectivity index (χ0) is 31.3. The van der Waals surface area contributed by atoms with E-state index < -0.39 is 0 Å². The minimum Gasteiger partial charge on any atom is -0.343 e. The molecule has 228 valence electrons. The Hall–Kier alpha value is -5.84. The second-order valence-corrected chi connectivity index (χ2v) is 11.3. The molecule has 11 heteroatoms.